The molecule has 0 saturated carbocycles. The molecule has 0 saturated heterocycles. The van der Waals surface area contributed by atoms with E-state index < -0.39 is 5.91 Å². The predicted molar refractivity (Wildman–Crippen MR) is 122 cm³/mol. The Morgan fingerprint density at radius 1 is 1.27 bits per heavy atom. The zero-order valence-electron chi connectivity index (χ0n) is 18.1. The summed E-state index contributed by atoms with van der Waals surface area (Å²) in [7, 11) is 2.07. The average Bonchev–Trinajstić information content (AvgIpc) is 2.70. The number of likely N-dealkylation sites (N-methyl/N-ethyl adjacent to an activating group) is 1. The summed E-state index contributed by atoms with van der Waals surface area (Å²) in [6, 6.07) is 15.1. The van der Waals surface area contributed by atoms with E-state index in [1.165, 1.54) is 5.57 Å². The number of anilines is 2. The Bertz CT molecular complexity index is 1070. The molecule has 0 aliphatic carbocycles. The number of nitriles is 1. The van der Waals surface area contributed by atoms with E-state index in [0.29, 0.717) is 18.0 Å². The number of hydrogen-bond acceptors (Lipinski definition) is 4. The summed E-state index contributed by atoms with van der Waals surface area (Å²) in [6.07, 6.45) is 3.85. The number of nitrogens with one attached hydrogen (secondary N) is 1. The highest BCUT2D eigenvalue weighted by Gasteiger charge is 2.28. The number of allylic oxidation sites excluding steroid dienone is 1. The molecule has 0 bridgehead atoms. The van der Waals surface area contributed by atoms with Gasteiger partial charge in [-0.05, 0) is 69.2 Å². The quantitative estimate of drug-likeness (QED) is 0.548. The molecule has 2 aromatic carbocycles. The number of carbonyl (C=O) groups is 1. The van der Waals surface area contributed by atoms with E-state index in [9.17, 15) is 10.1 Å². The summed E-state index contributed by atoms with van der Waals surface area (Å²) in [5.41, 5.74) is 4.79. The number of benzene rings is 2. The molecule has 30 heavy (non-hydrogen) atoms. The third-order valence-electron chi connectivity index (χ3n) is 5.32. The second kappa shape index (κ2) is 8.46. The van der Waals surface area contributed by atoms with Crippen LogP contribution in [0, 0.1) is 11.3 Å². The van der Waals surface area contributed by atoms with Crippen molar-refractivity contribution in [1.29, 1.82) is 5.26 Å². The maximum Gasteiger partial charge on any atom is 0.266 e. The first-order chi connectivity index (χ1) is 14.2. The number of nitrogens with zero attached hydrogens (tertiary/aromatic N) is 2. The van der Waals surface area contributed by atoms with Crippen molar-refractivity contribution in [1.82, 2.24) is 0 Å². The second-order valence-corrected chi connectivity index (χ2v) is 7.90. The second-order valence-electron chi connectivity index (χ2n) is 7.90. The topological polar surface area (TPSA) is 65.4 Å². The van der Waals surface area contributed by atoms with Crippen LogP contribution in [0.1, 0.15) is 38.8 Å². The first-order valence-electron chi connectivity index (χ1n) is 9.99. The Kier molecular flexibility index (Phi) is 5.98. The summed E-state index contributed by atoms with van der Waals surface area (Å²) < 4.78 is 5.46. The zero-order chi connectivity index (χ0) is 21.9. The maximum atomic E-state index is 12.6. The van der Waals surface area contributed by atoms with Crippen LogP contribution < -0.4 is 15.0 Å². The van der Waals surface area contributed by atoms with Crippen LogP contribution in [0.15, 0.2) is 54.1 Å². The van der Waals surface area contributed by atoms with Crippen molar-refractivity contribution in [2.75, 3.05) is 23.9 Å². The lowest BCUT2D eigenvalue weighted by Gasteiger charge is -2.40. The van der Waals surface area contributed by atoms with Crippen LogP contribution in [-0.4, -0.2) is 25.1 Å². The summed E-state index contributed by atoms with van der Waals surface area (Å²) in [5, 5.41) is 12.3. The van der Waals surface area contributed by atoms with Crippen LogP contribution in [0.25, 0.3) is 11.6 Å². The molecule has 1 aliphatic rings. The fraction of sp³-hybridized carbons (Fsp3) is 0.280. The lowest BCUT2D eigenvalue weighted by Crippen LogP contribution is -2.42. The van der Waals surface area contributed by atoms with Gasteiger partial charge in [-0.3, -0.25) is 4.79 Å². The molecule has 1 N–H and O–H groups in total. The predicted octanol–water partition coefficient (Wildman–Crippen LogP) is 5.26. The van der Waals surface area contributed by atoms with Gasteiger partial charge in [-0.25, -0.2) is 0 Å². The van der Waals surface area contributed by atoms with Crippen molar-refractivity contribution in [3.8, 4) is 11.8 Å². The first-order valence-corrected chi connectivity index (χ1v) is 9.99. The molecule has 1 amide bonds. The molecular weight excluding hydrogens is 374 g/mol. The van der Waals surface area contributed by atoms with Crippen LogP contribution in [0.5, 0.6) is 5.75 Å². The molecule has 0 atom stereocenters. The smallest absolute Gasteiger partial charge is 0.266 e. The number of ether oxygens (including phenoxy) is 1. The molecule has 5 heteroatoms. The van der Waals surface area contributed by atoms with Gasteiger partial charge >= 0.3 is 0 Å². The molecule has 0 spiro atoms. The Balaban J connectivity index is 1.87. The van der Waals surface area contributed by atoms with Crippen molar-refractivity contribution >= 4 is 28.9 Å². The minimum atomic E-state index is -0.450. The monoisotopic (exact) mass is 401 g/mol. The number of rotatable bonds is 5. The van der Waals surface area contributed by atoms with Gasteiger partial charge in [-0.2, -0.15) is 5.26 Å². The van der Waals surface area contributed by atoms with E-state index in [-0.39, 0.29) is 11.1 Å². The van der Waals surface area contributed by atoms with Gasteiger partial charge in [0.2, 0.25) is 0 Å². The minimum Gasteiger partial charge on any atom is -0.494 e. The normalized spacial score (nSPS) is 15.0. The summed E-state index contributed by atoms with van der Waals surface area (Å²) in [5.74, 6) is 0.219. The van der Waals surface area contributed by atoms with E-state index in [2.05, 4.69) is 44.1 Å². The fourth-order valence-corrected chi connectivity index (χ4v) is 3.61. The highest BCUT2D eigenvalue weighted by Crippen LogP contribution is 2.38. The largest absolute Gasteiger partial charge is 0.494 e. The SMILES string of the molecule is CCOc1cccc(NC(=O)/C(C#N)=C/c2ccc3c(c2)C(C)=CC(C)(C)N3C)c1. The molecule has 0 aromatic heterocycles. The summed E-state index contributed by atoms with van der Waals surface area (Å²) in [4.78, 5) is 14.9. The molecule has 0 unspecified atom stereocenters. The van der Waals surface area contributed by atoms with Gasteiger partial charge in [0, 0.05) is 30.1 Å². The molecule has 2 aromatic rings. The molecule has 0 radical (unpaired) electrons. The van der Waals surface area contributed by atoms with Gasteiger partial charge in [0.1, 0.15) is 17.4 Å². The van der Waals surface area contributed by atoms with Crippen molar-refractivity contribution in [3.63, 3.8) is 0 Å². The Morgan fingerprint density at radius 3 is 2.73 bits per heavy atom. The standard InChI is InChI=1S/C25H27N3O2/c1-6-30-21-9-7-8-20(14-21)27-24(29)19(16-26)12-18-10-11-23-22(13-18)17(2)15-25(3,4)28(23)5/h7-15H,6H2,1-5H3,(H,27,29)/b19-12+. The third kappa shape index (κ3) is 4.38. The highest BCUT2D eigenvalue weighted by atomic mass is 16.5. The van der Waals surface area contributed by atoms with Gasteiger partial charge in [-0.1, -0.05) is 18.2 Å². The first kappa shape index (κ1) is 21.2. The molecule has 0 fully saturated rings. The van der Waals surface area contributed by atoms with Crippen LogP contribution in [0.3, 0.4) is 0 Å². The minimum absolute atomic E-state index is 0.0443. The van der Waals surface area contributed by atoms with Crippen molar-refractivity contribution in [2.45, 2.75) is 33.2 Å². The van der Waals surface area contributed by atoms with Gasteiger partial charge in [-0.15, -0.1) is 0 Å². The molecule has 5 nitrogen and oxygen atoms in total. The van der Waals surface area contributed by atoms with E-state index in [1.807, 2.05) is 37.3 Å². The summed E-state index contributed by atoms with van der Waals surface area (Å²) >= 11 is 0. The van der Waals surface area contributed by atoms with Gasteiger partial charge in [0.15, 0.2) is 0 Å². The average molecular weight is 402 g/mol. The van der Waals surface area contributed by atoms with Crippen LogP contribution in [-0.2, 0) is 4.79 Å². The molecular formula is C25H27N3O2. The number of carbonyl (C=O) groups excluding carboxylic acids is 1. The molecule has 1 heterocycles. The molecule has 1 aliphatic heterocycles. The van der Waals surface area contributed by atoms with Gasteiger partial charge in [0.25, 0.3) is 5.91 Å². The maximum absolute atomic E-state index is 12.6. The van der Waals surface area contributed by atoms with E-state index in [1.54, 1.807) is 24.3 Å². The zero-order valence-corrected chi connectivity index (χ0v) is 18.1. The third-order valence-corrected chi connectivity index (χ3v) is 5.32. The van der Waals surface area contributed by atoms with Crippen LogP contribution >= 0.6 is 0 Å². The van der Waals surface area contributed by atoms with Crippen molar-refractivity contribution < 1.29 is 9.53 Å². The van der Waals surface area contributed by atoms with Gasteiger partial charge < -0.3 is 15.0 Å². The molecule has 154 valence electrons. The van der Waals surface area contributed by atoms with E-state index in [4.69, 9.17) is 4.74 Å². The van der Waals surface area contributed by atoms with Crippen LogP contribution in [0.2, 0.25) is 0 Å². The van der Waals surface area contributed by atoms with Crippen molar-refractivity contribution in [3.05, 3.63) is 65.2 Å². The number of amides is 1. The highest BCUT2D eigenvalue weighted by molar-refractivity contribution is 6.09. The Morgan fingerprint density at radius 2 is 2.03 bits per heavy atom. The summed E-state index contributed by atoms with van der Waals surface area (Å²) in [6.45, 7) is 8.87. The van der Waals surface area contributed by atoms with E-state index >= 15 is 0 Å². The van der Waals surface area contributed by atoms with E-state index in [0.717, 1.165) is 16.8 Å². The lowest BCUT2D eigenvalue weighted by molar-refractivity contribution is -0.112. The fourth-order valence-electron chi connectivity index (χ4n) is 3.61. The van der Waals surface area contributed by atoms with Gasteiger partial charge in [0.05, 0.1) is 12.1 Å². The van der Waals surface area contributed by atoms with Crippen molar-refractivity contribution in [2.24, 2.45) is 0 Å². The lowest BCUT2D eigenvalue weighted by atomic mass is 9.88. The Labute approximate surface area is 178 Å². The molecule has 3 rings (SSSR count). The Hall–Kier alpha value is -3.52. The number of hydrogen-bond donors (Lipinski definition) is 1. The number of fused-ring (bicyclic) bond motifs is 1. The van der Waals surface area contributed by atoms with Crippen LogP contribution in [0.4, 0.5) is 11.4 Å².